The molecule has 0 radical (unpaired) electrons. The fraction of sp³-hybridized carbons (Fsp3) is 0.310. The Balaban J connectivity index is 1.36. The molecule has 0 saturated carbocycles. The van der Waals surface area contributed by atoms with Crippen molar-refractivity contribution in [2.24, 2.45) is 0 Å². The lowest BCUT2D eigenvalue weighted by Crippen LogP contribution is -2.32. The van der Waals surface area contributed by atoms with Crippen molar-refractivity contribution in [2.45, 2.75) is 68.1 Å². The summed E-state index contributed by atoms with van der Waals surface area (Å²) in [6, 6.07) is 15.9. The van der Waals surface area contributed by atoms with Crippen LogP contribution < -0.4 is 0 Å². The van der Waals surface area contributed by atoms with Crippen molar-refractivity contribution in [3.8, 4) is 11.5 Å². The fourth-order valence-electron chi connectivity index (χ4n) is 4.84. The van der Waals surface area contributed by atoms with Gasteiger partial charge in [-0.1, -0.05) is 40.7 Å². The Morgan fingerprint density at radius 1 is 0.889 bits per heavy atom. The molecule has 0 spiro atoms. The van der Waals surface area contributed by atoms with Gasteiger partial charge >= 0.3 is 0 Å². The van der Waals surface area contributed by atoms with E-state index in [1.54, 1.807) is 36.4 Å². The first-order valence-electron chi connectivity index (χ1n) is 12.2. The number of fused-ring (bicyclic) bond motifs is 3. The van der Waals surface area contributed by atoms with Gasteiger partial charge in [-0.2, -0.15) is 0 Å². The lowest BCUT2D eigenvalue weighted by molar-refractivity contribution is 0.373. The zero-order valence-corrected chi connectivity index (χ0v) is 21.9. The Morgan fingerprint density at radius 2 is 1.53 bits per heavy atom. The standard InChI is InChI=1S/C29H28N2O4S/c1-6-28(2,3)27-31-23-12-9-20(15-25(23)35-27)36(32,33)19-8-11-22-24(14-19)34-26(30-22)17-7-10-21-18(13-17)16-29(21,4)5/h7-15H,6,16H2,1-5H3. The van der Waals surface area contributed by atoms with E-state index in [-0.39, 0.29) is 20.6 Å². The van der Waals surface area contributed by atoms with Crippen LogP contribution in [0.5, 0.6) is 0 Å². The molecule has 0 amide bonds. The van der Waals surface area contributed by atoms with Crippen LogP contribution in [0.15, 0.2) is 73.2 Å². The lowest BCUT2D eigenvalue weighted by Gasteiger charge is -2.38. The molecule has 0 atom stereocenters. The zero-order chi connectivity index (χ0) is 25.5. The lowest BCUT2D eigenvalue weighted by atomic mass is 9.66. The van der Waals surface area contributed by atoms with Crippen molar-refractivity contribution in [1.82, 2.24) is 9.97 Å². The fourth-order valence-corrected chi connectivity index (χ4v) is 6.13. The maximum Gasteiger partial charge on any atom is 0.227 e. The summed E-state index contributed by atoms with van der Waals surface area (Å²) in [6.45, 7) is 10.7. The van der Waals surface area contributed by atoms with Crippen LogP contribution in [0.4, 0.5) is 0 Å². The third-order valence-corrected chi connectivity index (χ3v) is 9.27. The maximum atomic E-state index is 13.5. The molecule has 0 unspecified atom stereocenters. The summed E-state index contributed by atoms with van der Waals surface area (Å²) in [4.78, 5) is 9.45. The Bertz CT molecular complexity index is 1770. The molecule has 7 heteroatoms. The molecule has 0 fully saturated rings. The van der Waals surface area contributed by atoms with Gasteiger partial charge in [-0.3, -0.25) is 0 Å². The number of nitrogens with zero attached hydrogens (tertiary/aromatic N) is 2. The SMILES string of the molecule is CCC(C)(C)c1nc2ccc(S(=O)(=O)c3ccc4nc(-c5ccc6c(c5)CC6(C)C)oc4c3)cc2o1. The topological polar surface area (TPSA) is 86.2 Å². The summed E-state index contributed by atoms with van der Waals surface area (Å²) in [5.41, 5.74) is 5.67. The van der Waals surface area contributed by atoms with Gasteiger partial charge in [-0.05, 0) is 65.8 Å². The van der Waals surface area contributed by atoms with E-state index < -0.39 is 9.84 Å². The van der Waals surface area contributed by atoms with Crippen LogP contribution in [0, 0.1) is 0 Å². The van der Waals surface area contributed by atoms with E-state index in [2.05, 4.69) is 56.7 Å². The van der Waals surface area contributed by atoms with Gasteiger partial charge in [0.2, 0.25) is 21.6 Å². The number of benzene rings is 3. The molecule has 5 aromatic rings. The third-order valence-electron chi connectivity index (χ3n) is 7.52. The van der Waals surface area contributed by atoms with Gasteiger partial charge in [-0.25, -0.2) is 18.4 Å². The largest absolute Gasteiger partial charge is 0.440 e. The molecule has 36 heavy (non-hydrogen) atoms. The highest BCUT2D eigenvalue weighted by Gasteiger charge is 2.34. The van der Waals surface area contributed by atoms with Gasteiger partial charge in [0.1, 0.15) is 11.0 Å². The molecule has 3 aromatic carbocycles. The summed E-state index contributed by atoms with van der Waals surface area (Å²) in [6.07, 6.45) is 1.87. The maximum absolute atomic E-state index is 13.5. The van der Waals surface area contributed by atoms with Gasteiger partial charge in [0, 0.05) is 23.1 Å². The molecule has 0 aliphatic heterocycles. The molecular weight excluding hydrogens is 472 g/mol. The summed E-state index contributed by atoms with van der Waals surface area (Å²) in [5, 5.41) is 0. The van der Waals surface area contributed by atoms with Gasteiger partial charge in [0.15, 0.2) is 11.2 Å². The third kappa shape index (κ3) is 3.48. The molecule has 6 nitrogen and oxygen atoms in total. The summed E-state index contributed by atoms with van der Waals surface area (Å²) in [5.74, 6) is 1.09. The van der Waals surface area contributed by atoms with E-state index in [0.717, 1.165) is 18.4 Å². The molecule has 0 bridgehead atoms. The van der Waals surface area contributed by atoms with Crippen LogP contribution in [0.3, 0.4) is 0 Å². The van der Waals surface area contributed by atoms with Crippen LogP contribution >= 0.6 is 0 Å². The molecule has 1 aliphatic carbocycles. The van der Waals surface area contributed by atoms with Gasteiger partial charge in [0.05, 0.1) is 9.79 Å². The quantitative estimate of drug-likeness (QED) is 0.258. The van der Waals surface area contributed by atoms with E-state index in [1.807, 2.05) is 6.07 Å². The van der Waals surface area contributed by atoms with Gasteiger partial charge < -0.3 is 8.83 Å². The number of hydrogen-bond acceptors (Lipinski definition) is 6. The molecule has 6 rings (SSSR count). The van der Waals surface area contributed by atoms with E-state index in [4.69, 9.17) is 8.83 Å². The highest BCUT2D eigenvalue weighted by atomic mass is 32.2. The molecule has 2 heterocycles. The van der Waals surface area contributed by atoms with Crippen LogP contribution in [-0.4, -0.2) is 18.4 Å². The Labute approximate surface area is 210 Å². The molecule has 184 valence electrons. The monoisotopic (exact) mass is 500 g/mol. The second-order valence-electron chi connectivity index (χ2n) is 11.0. The molecule has 0 N–H and O–H groups in total. The van der Waals surface area contributed by atoms with Crippen molar-refractivity contribution in [1.29, 1.82) is 0 Å². The van der Waals surface area contributed by atoms with Gasteiger partial charge in [0.25, 0.3) is 0 Å². The molecule has 1 aliphatic rings. The Kier molecular flexibility index (Phi) is 4.80. The normalized spacial score (nSPS) is 15.2. The first-order chi connectivity index (χ1) is 17.0. The number of oxazole rings is 2. The molecule has 2 aromatic heterocycles. The molecular formula is C29H28N2O4S. The average molecular weight is 501 g/mol. The van der Waals surface area contributed by atoms with Crippen molar-refractivity contribution in [2.75, 3.05) is 0 Å². The summed E-state index contributed by atoms with van der Waals surface area (Å²) >= 11 is 0. The number of hydrogen-bond donors (Lipinski definition) is 0. The van der Waals surface area contributed by atoms with Crippen LogP contribution in [0.1, 0.15) is 58.1 Å². The van der Waals surface area contributed by atoms with Gasteiger partial charge in [-0.15, -0.1) is 0 Å². The molecule has 0 saturated heterocycles. The van der Waals surface area contributed by atoms with Crippen LogP contribution in [0.2, 0.25) is 0 Å². The van der Waals surface area contributed by atoms with Crippen molar-refractivity contribution in [3.63, 3.8) is 0 Å². The van der Waals surface area contributed by atoms with E-state index in [0.29, 0.717) is 34.0 Å². The minimum absolute atomic E-state index is 0.143. The first-order valence-corrected chi connectivity index (χ1v) is 13.7. The predicted octanol–water partition coefficient (Wildman–Crippen LogP) is 6.99. The first kappa shape index (κ1) is 23.0. The predicted molar refractivity (Wildman–Crippen MR) is 139 cm³/mol. The van der Waals surface area contributed by atoms with Crippen molar-refractivity contribution >= 4 is 32.0 Å². The highest BCUT2D eigenvalue weighted by Crippen LogP contribution is 2.42. The van der Waals surface area contributed by atoms with E-state index >= 15 is 0 Å². The Morgan fingerprint density at radius 3 is 2.14 bits per heavy atom. The van der Waals surface area contributed by atoms with E-state index in [9.17, 15) is 8.42 Å². The van der Waals surface area contributed by atoms with E-state index in [1.165, 1.54) is 11.1 Å². The average Bonchev–Trinajstić information content (AvgIpc) is 3.47. The van der Waals surface area contributed by atoms with Crippen molar-refractivity contribution < 1.29 is 17.3 Å². The Hall–Kier alpha value is -3.45. The summed E-state index contributed by atoms with van der Waals surface area (Å²) in [7, 11) is -3.80. The smallest absolute Gasteiger partial charge is 0.227 e. The van der Waals surface area contributed by atoms with Crippen LogP contribution in [-0.2, 0) is 27.1 Å². The highest BCUT2D eigenvalue weighted by molar-refractivity contribution is 7.91. The number of rotatable bonds is 5. The second kappa shape index (κ2) is 7.53. The minimum Gasteiger partial charge on any atom is -0.440 e. The summed E-state index contributed by atoms with van der Waals surface area (Å²) < 4.78 is 38.9. The zero-order valence-electron chi connectivity index (χ0n) is 21.0. The minimum atomic E-state index is -3.80. The number of aromatic nitrogens is 2. The van der Waals surface area contributed by atoms with Crippen LogP contribution in [0.25, 0.3) is 33.7 Å². The second-order valence-corrected chi connectivity index (χ2v) is 12.9. The number of sulfone groups is 1. The van der Waals surface area contributed by atoms with Crippen molar-refractivity contribution in [3.05, 3.63) is 71.6 Å².